The number of carbonyl (C=O) groups is 2. The number of ether oxygens (including phenoxy) is 2. The highest BCUT2D eigenvalue weighted by molar-refractivity contribution is 8.07. The monoisotopic (exact) mass is 869 g/mol. The Hall–Kier alpha value is -4.69. The second-order valence-electron chi connectivity index (χ2n) is 13.8. The first-order valence-corrected chi connectivity index (χ1v) is 22.0. The first kappa shape index (κ1) is 41.1. The molecule has 8 atom stereocenters. The zero-order valence-electron chi connectivity index (χ0n) is 31.3. The number of nitrogens with one attached hydrogen (secondary N) is 3. The van der Waals surface area contributed by atoms with Gasteiger partial charge < -0.3 is 42.3 Å². The van der Waals surface area contributed by atoms with Gasteiger partial charge in [0.15, 0.2) is 34.4 Å². The number of imidazole rings is 2. The average Bonchev–Trinajstić information content (AvgIpc) is 4.02. The molecule has 310 valence electrons. The molecule has 3 fully saturated rings. The molecule has 4 N–H and O–H groups in total. The molecule has 0 aliphatic carbocycles. The van der Waals surface area contributed by atoms with Gasteiger partial charge in [0.2, 0.25) is 11.9 Å². The van der Waals surface area contributed by atoms with Gasteiger partial charge in [-0.05, 0) is 23.9 Å². The van der Waals surface area contributed by atoms with E-state index in [4.69, 9.17) is 43.9 Å². The van der Waals surface area contributed by atoms with Gasteiger partial charge in [-0.25, -0.2) is 19.9 Å². The van der Waals surface area contributed by atoms with E-state index in [9.17, 15) is 24.5 Å². The molecule has 0 saturated carbocycles. The first-order valence-electron chi connectivity index (χ1n) is 18.3. The van der Waals surface area contributed by atoms with E-state index in [1.165, 1.54) is 23.5 Å². The molecule has 2 bridgehead atoms. The Labute approximate surface area is 340 Å². The number of anilines is 2. The molecule has 2 unspecified atom stereocenters. The predicted molar refractivity (Wildman–Crippen MR) is 210 cm³/mol. The number of H-pyrrole nitrogens is 1. The molecule has 22 nitrogen and oxygen atoms in total. The molecule has 1 aromatic carbocycles. The van der Waals surface area contributed by atoms with Crippen molar-refractivity contribution >= 4 is 73.0 Å². The van der Waals surface area contributed by atoms with E-state index in [1.54, 1.807) is 48.7 Å². The SMILES string of the molecule is CC(C)C(=O)Nc1nc2c(ncn2[C@@H]2O[C@@H]3COP(=S)(OCCC#N)O[C@@H]4C[C@H](n5cnc6c(NC(=O)c7ccccc7)ncnc65)O[C@@H]4COP(O)O[C@H]2C3)c(=O)[nH]1. The van der Waals surface area contributed by atoms with Crippen molar-refractivity contribution in [2.75, 3.05) is 30.5 Å². The Bertz CT molecular complexity index is 2500. The van der Waals surface area contributed by atoms with Gasteiger partial charge in [0.05, 0.1) is 57.2 Å². The average molecular weight is 870 g/mol. The number of benzene rings is 1. The molecular formula is C34H37N11O11P2S. The topological polar surface area (TPSA) is 274 Å². The van der Waals surface area contributed by atoms with Gasteiger partial charge in [0, 0.05) is 24.3 Å². The van der Waals surface area contributed by atoms with E-state index in [-0.39, 0.29) is 79.7 Å². The van der Waals surface area contributed by atoms with Crippen LogP contribution < -0.4 is 16.2 Å². The van der Waals surface area contributed by atoms with Crippen molar-refractivity contribution in [3.05, 3.63) is 65.2 Å². The van der Waals surface area contributed by atoms with Crippen LogP contribution in [0.4, 0.5) is 11.8 Å². The maximum Gasteiger partial charge on any atom is 0.330 e. The molecule has 4 aromatic heterocycles. The van der Waals surface area contributed by atoms with E-state index in [2.05, 4.69) is 40.5 Å². The Balaban J connectivity index is 1.05. The molecule has 5 aromatic rings. The molecule has 8 rings (SSSR count). The Morgan fingerprint density at radius 3 is 2.64 bits per heavy atom. The van der Waals surface area contributed by atoms with Gasteiger partial charge in [-0.15, -0.1) is 0 Å². The second-order valence-corrected chi connectivity index (χ2v) is 17.7. The van der Waals surface area contributed by atoms with Crippen molar-refractivity contribution in [3.63, 3.8) is 0 Å². The summed E-state index contributed by atoms with van der Waals surface area (Å²) in [7, 11) is -2.57. The minimum atomic E-state index is -3.63. The fourth-order valence-corrected chi connectivity index (χ4v) is 9.48. The molecule has 7 heterocycles. The normalized spacial score (nSPS) is 27.4. The molecule has 3 aliphatic rings. The van der Waals surface area contributed by atoms with Crippen LogP contribution in [0.15, 0.2) is 54.1 Å². The summed E-state index contributed by atoms with van der Waals surface area (Å²) < 4.78 is 46.4. The van der Waals surface area contributed by atoms with Gasteiger partial charge in [-0.2, -0.15) is 10.2 Å². The van der Waals surface area contributed by atoms with Crippen LogP contribution in [0, 0.1) is 17.2 Å². The third-order valence-corrected chi connectivity index (χ3v) is 12.7. The number of hydrogen-bond donors (Lipinski definition) is 4. The lowest BCUT2D eigenvalue weighted by Crippen LogP contribution is -2.29. The van der Waals surface area contributed by atoms with Crippen LogP contribution in [0.3, 0.4) is 0 Å². The van der Waals surface area contributed by atoms with E-state index < -0.39 is 57.8 Å². The molecule has 3 saturated heterocycles. The predicted octanol–water partition coefficient (Wildman–Crippen LogP) is 3.57. The van der Waals surface area contributed by atoms with Crippen LogP contribution in [0.1, 0.15) is 55.9 Å². The number of aromatic amines is 1. The van der Waals surface area contributed by atoms with Crippen LogP contribution in [-0.4, -0.2) is 100.0 Å². The standard InChI is InChI=1S/C34H37N11O11P2S/c1-18(2)30(46)42-34-41-29-26(32(48)43-34)39-17-45(29)33-22-11-20(53-33)13-52-58(59,51-10-6-9-35)56-21-12-24(54-23(21)14-50-57(49)55-22)44-16-38-25-27(36-15-37-28(25)44)40-31(47)19-7-4-3-5-8-19/h3-5,7-8,15-18,20-24,33,49H,6,10-14H2,1-2H3,(H,36,37,40,47)(H2,41,42,43,46,48)/t20-,21+,22-,23+,24+,33+,57?,58?/m0/s1. The summed E-state index contributed by atoms with van der Waals surface area (Å²) in [6.07, 6.45) is -0.540. The molecule has 0 spiro atoms. The Morgan fingerprint density at radius 2 is 1.85 bits per heavy atom. The number of nitriles is 1. The maximum absolute atomic E-state index is 12.9. The van der Waals surface area contributed by atoms with Gasteiger partial charge in [-0.1, -0.05) is 32.0 Å². The quantitative estimate of drug-likeness (QED) is 0.122. The molecule has 59 heavy (non-hydrogen) atoms. The van der Waals surface area contributed by atoms with Crippen LogP contribution >= 0.6 is 15.3 Å². The van der Waals surface area contributed by atoms with E-state index in [1.807, 2.05) is 6.07 Å². The first-order chi connectivity index (χ1) is 28.5. The highest BCUT2D eigenvalue weighted by atomic mass is 32.5. The lowest BCUT2D eigenvalue weighted by Gasteiger charge is -2.28. The van der Waals surface area contributed by atoms with Gasteiger partial charge in [-0.3, -0.25) is 33.8 Å². The number of carbonyl (C=O) groups excluding carboxylic acids is 2. The molecule has 0 radical (unpaired) electrons. The fraction of sp³-hybridized carbons (Fsp3) is 0.441. The van der Waals surface area contributed by atoms with Crippen molar-refractivity contribution in [1.29, 1.82) is 5.26 Å². The number of hydrogen-bond acceptors (Lipinski definition) is 18. The Morgan fingerprint density at radius 1 is 1.05 bits per heavy atom. The zero-order valence-corrected chi connectivity index (χ0v) is 33.9. The van der Waals surface area contributed by atoms with Gasteiger partial charge in [0.25, 0.3) is 11.5 Å². The van der Waals surface area contributed by atoms with Crippen molar-refractivity contribution < 1.29 is 46.6 Å². The Kier molecular flexibility index (Phi) is 12.2. The summed E-state index contributed by atoms with van der Waals surface area (Å²) in [6.45, 7) is -0.702. The third-order valence-electron chi connectivity index (χ3n) is 9.46. The maximum atomic E-state index is 12.9. The van der Waals surface area contributed by atoms with Gasteiger partial charge in [0.1, 0.15) is 24.8 Å². The van der Waals surface area contributed by atoms with Crippen molar-refractivity contribution in [3.8, 4) is 6.07 Å². The number of amides is 2. The number of nitrogens with zero attached hydrogens (tertiary/aromatic N) is 8. The minimum absolute atomic E-state index is 0.0114. The fourth-order valence-electron chi connectivity index (χ4n) is 6.58. The summed E-state index contributed by atoms with van der Waals surface area (Å²) in [5, 5.41) is 14.6. The summed E-state index contributed by atoms with van der Waals surface area (Å²) in [5.74, 6) is -1.01. The highest BCUT2D eigenvalue weighted by Gasteiger charge is 2.46. The van der Waals surface area contributed by atoms with E-state index in [0.717, 1.165) is 0 Å². The van der Waals surface area contributed by atoms with Gasteiger partial charge >= 0.3 is 15.3 Å². The number of fused-ring (bicyclic) bond motifs is 5. The lowest BCUT2D eigenvalue weighted by molar-refractivity contribution is -0.118. The second kappa shape index (κ2) is 17.5. The molecular weight excluding hydrogens is 832 g/mol. The summed E-state index contributed by atoms with van der Waals surface area (Å²) >= 11 is 5.89. The van der Waals surface area contributed by atoms with Crippen molar-refractivity contribution in [2.45, 2.75) is 70.0 Å². The van der Waals surface area contributed by atoms with Crippen LogP contribution in [0.25, 0.3) is 22.3 Å². The largest absolute Gasteiger partial charge is 0.349 e. The number of aromatic nitrogens is 8. The summed E-state index contributed by atoms with van der Waals surface area (Å²) in [6, 6.07) is 10.7. The molecule has 3 aliphatic heterocycles. The van der Waals surface area contributed by atoms with Crippen LogP contribution in [-0.2, 0) is 48.7 Å². The zero-order chi connectivity index (χ0) is 41.3. The third kappa shape index (κ3) is 8.94. The molecule has 2 amide bonds. The smallest absolute Gasteiger partial charge is 0.330 e. The van der Waals surface area contributed by atoms with Crippen molar-refractivity contribution in [1.82, 2.24) is 39.0 Å². The van der Waals surface area contributed by atoms with E-state index >= 15 is 0 Å². The lowest BCUT2D eigenvalue weighted by atomic mass is 10.2. The minimum Gasteiger partial charge on any atom is -0.349 e. The summed E-state index contributed by atoms with van der Waals surface area (Å²) in [5.41, 5.74) is 0.569. The number of rotatable bonds is 9. The molecule has 25 heteroatoms. The van der Waals surface area contributed by atoms with Crippen molar-refractivity contribution in [2.24, 2.45) is 5.92 Å². The van der Waals surface area contributed by atoms with Crippen LogP contribution in [0.2, 0.25) is 0 Å². The highest BCUT2D eigenvalue weighted by Crippen LogP contribution is 2.55. The van der Waals surface area contributed by atoms with E-state index in [0.29, 0.717) is 16.7 Å². The summed E-state index contributed by atoms with van der Waals surface area (Å²) in [4.78, 5) is 73.7. The van der Waals surface area contributed by atoms with Crippen LogP contribution in [0.5, 0.6) is 0 Å².